The maximum atomic E-state index is 12.7. The fraction of sp³-hybridized carbons (Fsp3) is 0.158. The van der Waals surface area contributed by atoms with E-state index in [9.17, 15) is 4.79 Å². The summed E-state index contributed by atoms with van der Waals surface area (Å²) in [5, 5.41) is 5.67. The zero-order valence-electron chi connectivity index (χ0n) is 12.5. The van der Waals surface area contributed by atoms with Gasteiger partial charge in [-0.3, -0.25) is 10.1 Å². The molecule has 114 valence electrons. The summed E-state index contributed by atoms with van der Waals surface area (Å²) in [5.74, 6) is 0.495. The van der Waals surface area contributed by atoms with Crippen LogP contribution >= 0.6 is 11.3 Å². The smallest absolute Gasteiger partial charge is 0.258 e. The molecule has 4 heteroatoms. The molecular weight excluding hydrogens is 304 g/mol. The summed E-state index contributed by atoms with van der Waals surface area (Å²) in [7, 11) is 0. The fourth-order valence-corrected chi connectivity index (χ4v) is 3.41. The van der Waals surface area contributed by atoms with Gasteiger partial charge in [0.15, 0.2) is 5.13 Å². The molecule has 0 spiro atoms. The van der Waals surface area contributed by atoms with E-state index in [0.717, 1.165) is 16.8 Å². The Labute approximate surface area is 139 Å². The van der Waals surface area contributed by atoms with Crippen molar-refractivity contribution in [2.45, 2.75) is 18.8 Å². The van der Waals surface area contributed by atoms with E-state index in [1.165, 1.54) is 24.2 Å². The Balaban J connectivity index is 1.60. The van der Waals surface area contributed by atoms with Crippen LogP contribution in [0.25, 0.3) is 11.1 Å². The predicted octanol–water partition coefficient (Wildman–Crippen LogP) is 4.94. The van der Waals surface area contributed by atoms with E-state index in [1.54, 1.807) is 0 Å². The molecule has 1 saturated carbocycles. The second-order valence-corrected chi connectivity index (χ2v) is 6.58. The van der Waals surface area contributed by atoms with Gasteiger partial charge < -0.3 is 0 Å². The Morgan fingerprint density at radius 3 is 2.57 bits per heavy atom. The average Bonchev–Trinajstić information content (AvgIpc) is 3.35. The quantitative estimate of drug-likeness (QED) is 0.740. The Bertz CT molecular complexity index is 837. The first kappa shape index (κ1) is 14.2. The van der Waals surface area contributed by atoms with Gasteiger partial charge in [-0.1, -0.05) is 48.5 Å². The van der Waals surface area contributed by atoms with E-state index < -0.39 is 0 Å². The molecule has 0 saturated heterocycles. The highest BCUT2D eigenvalue weighted by atomic mass is 32.1. The number of amides is 1. The van der Waals surface area contributed by atoms with Crippen LogP contribution in [0, 0.1) is 0 Å². The SMILES string of the molecule is O=C(Nc1nc(C2CC2)cs1)c1ccccc1-c1ccccc1. The molecule has 1 fully saturated rings. The number of nitrogens with one attached hydrogen (secondary N) is 1. The lowest BCUT2D eigenvalue weighted by molar-refractivity contribution is 0.102. The molecule has 0 aliphatic heterocycles. The number of aromatic nitrogens is 1. The third kappa shape index (κ3) is 3.03. The highest BCUT2D eigenvalue weighted by molar-refractivity contribution is 7.14. The number of benzene rings is 2. The van der Waals surface area contributed by atoms with E-state index in [1.807, 2.05) is 54.6 Å². The molecule has 23 heavy (non-hydrogen) atoms. The normalized spacial score (nSPS) is 13.7. The molecule has 1 heterocycles. The van der Waals surface area contributed by atoms with E-state index in [0.29, 0.717) is 16.6 Å². The highest BCUT2D eigenvalue weighted by Gasteiger charge is 2.26. The third-order valence-corrected chi connectivity index (χ3v) is 4.77. The van der Waals surface area contributed by atoms with E-state index >= 15 is 0 Å². The first-order chi connectivity index (χ1) is 11.3. The molecule has 1 N–H and O–H groups in total. The summed E-state index contributed by atoms with van der Waals surface area (Å²) in [5.41, 5.74) is 3.75. The molecule has 0 bridgehead atoms. The number of anilines is 1. The van der Waals surface area contributed by atoms with Crippen molar-refractivity contribution in [1.82, 2.24) is 4.98 Å². The number of hydrogen-bond acceptors (Lipinski definition) is 3. The van der Waals surface area contributed by atoms with Crippen molar-refractivity contribution < 1.29 is 4.79 Å². The number of carbonyl (C=O) groups is 1. The van der Waals surface area contributed by atoms with Crippen molar-refractivity contribution in [2.24, 2.45) is 0 Å². The Hall–Kier alpha value is -2.46. The maximum Gasteiger partial charge on any atom is 0.258 e. The zero-order chi connectivity index (χ0) is 15.6. The molecule has 1 aliphatic carbocycles. The van der Waals surface area contributed by atoms with Crippen LogP contribution in [0.2, 0.25) is 0 Å². The summed E-state index contributed by atoms with van der Waals surface area (Å²) in [6.07, 6.45) is 2.43. The van der Waals surface area contributed by atoms with Crippen LogP contribution in [0.1, 0.15) is 34.8 Å². The van der Waals surface area contributed by atoms with Crippen molar-refractivity contribution in [2.75, 3.05) is 5.32 Å². The summed E-state index contributed by atoms with van der Waals surface area (Å²) in [6, 6.07) is 17.6. The number of hydrogen-bond donors (Lipinski definition) is 1. The van der Waals surface area contributed by atoms with Crippen molar-refractivity contribution in [1.29, 1.82) is 0 Å². The molecule has 1 amide bonds. The lowest BCUT2D eigenvalue weighted by atomic mass is 9.99. The van der Waals surface area contributed by atoms with Gasteiger partial charge in [0.05, 0.1) is 5.69 Å². The summed E-state index contributed by atoms with van der Waals surface area (Å²) in [4.78, 5) is 17.2. The second-order valence-electron chi connectivity index (χ2n) is 5.72. The molecule has 3 nitrogen and oxygen atoms in total. The van der Waals surface area contributed by atoms with Crippen molar-refractivity contribution in [3.63, 3.8) is 0 Å². The van der Waals surface area contributed by atoms with Crippen molar-refractivity contribution in [3.05, 3.63) is 71.2 Å². The fourth-order valence-electron chi connectivity index (χ4n) is 2.63. The molecule has 0 radical (unpaired) electrons. The largest absolute Gasteiger partial charge is 0.298 e. The van der Waals surface area contributed by atoms with Gasteiger partial charge in [-0.2, -0.15) is 0 Å². The van der Waals surface area contributed by atoms with Crippen LogP contribution in [0.4, 0.5) is 5.13 Å². The third-order valence-electron chi connectivity index (χ3n) is 3.99. The van der Waals surface area contributed by atoms with E-state index in [4.69, 9.17) is 0 Å². The average molecular weight is 320 g/mol. The van der Waals surface area contributed by atoms with E-state index in [2.05, 4.69) is 15.7 Å². The van der Waals surface area contributed by atoms with Crippen LogP contribution in [-0.2, 0) is 0 Å². The van der Waals surface area contributed by atoms with Crippen molar-refractivity contribution in [3.8, 4) is 11.1 Å². The van der Waals surface area contributed by atoms with Crippen LogP contribution in [-0.4, -0.2) is 10.9 Å². The van der Waals surface area contributed by atoms with Crippen LogP contribution in [0.15, 0.2) is 60.0 Å². The standard InChI is InChI=1S/C19H16N2OS/c22-18(21-19-20-17(12-23-19)14-10-11-14)16-9-5-4-8-15(16)13-6-2-1-3-7-13/h1-9,12,14H,10-11H2,(H,20,21,22). The Morgan fingerprint density at radius 2 is 1.78 bits per heavy atom. The number of carbonyl (C=O) groups excluding carboxylic acids is 1. The van der Waals surface area contributed by atoms with Crippen LogP contribution < -0.4 is 5.32 Å². The molecule has 0 unspecified atom stereocenters. The summed E-state index contributed by atoms with van der Waals surface area (Å²) < 4.78 is 0. The Morgan fingerprint density at radius 1 is 1.04 bits per heavy atom. The van der Waals surface area contributed by atoms with Gasteiger partial charge in [0, 0.05) is 16.9 Å². The lowest BCUT2D eigenvalue weighted by Gasteiger charge is -2.09. The topological polar surface area (TPSA) is 42.0 Å². The van der Waals surface area contributed by atoms with Crippen molar-refractivity contribution >= 4 is 22.4 Å². The minimum Gasteiger partial charge on any atom is -0.298 e. The minimum absolute atomic E-state index is 0.110. The zero-order valence-corrected chi connectivity index (χ0v) is 13.3. The molecule has 4 rings (SSSR count). The Kier molecular flexibility index (Phi) is 3.67. The summed E-state index contributed by atoms with van der Waals surface area (Å²) in [6.45, 7) is 0. The first-order valence-corrected chi connectivity index (χ1v) is 8.60. The van der Waals surface area contributed by atoms with E-state index in [-0.39, 0.29) is 5.91 Å². The molecule has 1 aliphatic rings. The van der Waals surface area contributed by atoms with Crippen LogP contribution in [0.3, 0.4) is 0 Å². The highest BCUT2D eigenvalue weighted by Crippen LogP contribution is 2.41. The molecular formula is C19H16N2OS. The first-order valence-electron chi connectivity index (χ1n) is 7.72. The van der Waals surface area contributed by atoms with Gasteiger partial charge in [0.25, 0.3) is 5.91 Å². The van der Waals surface area contributed by atoms with Crippen LogP contribution in [0.5, 0.6) is 0 Å². The van der Waals surface area contributed by atoms with Gasteiger partial charge in [0.1, 0.15) is 0 Å². The second kappa shape index (κ2) is 5.97. The molecule has 3 aromatic rings. The van der Waals surface area contributed by atoms with Gasteiger partial charge in [-0.25, -0.2) is 4.98 Å². The molecule has 1 aromatic heterocycles. The minimum atomic E-state index is -0.110. The van der Waals surface area contributed by atoms with Gasteiger partial charge in [-0.15, -0.1) is 11.3 Å². The number of rotatable bonds is 4. The summed E-state index contributed by atoms with van der Waals surface area (Å²) >= 11 is 1.50. The monoisotopic (exact) mass is 320 g/mol. The lowest BCUT2D eigenvalue weighted by Crippen LogP contribution is -2.13. The van der Waals surface area contributed by atoms with Gasteiger partial charge >= 0.3 is 0 Å². The molecule has 0 atom stereocenters. The van der Waals surface area contributed by atoms with Gasteiger partial charge in [0.2, 0.25) is 0 Å². The number of thiazole rings is 1. The predicted molar refractivity (Wildman–Crippen MR) is 93.9 cm³/mol. The molecule has 2 aromatic carbocycles. The van der Waals surface area contributed by atoms with Gasteiger partial charge in [-0.05, 0) is 30.0 Å². The number of nitrogens with zero attached hydrogens (tertiary/aromatic N) is 1. The maximum absolute atomic E-state index is 12.7.